The van der Waals surface area contributed by atoms with E-state index in [1.807, 2.05) is 0 Å². The first-order valence-electron chi connectivity index (χ1n) is 7.40. The van der Waals surface area contributed by atoms with E-state index >= 15 is 0 Å². The highest BCUT2D eigenvalue weighted by Crippen LogP contribution is 2.11. The maximum atomic E-state index is 13.2. The Hall–Kier alpha value is -2.44. The third kappa shape index (κ3) is 4.51. The maximum Gasteiger partial charge on any atom is 0.306 e. The minimum absolute atomic E-state index is 0.0533. The van der Waals surface area contributed by atoms with Gasteiger partial charge >= 0.3 is 5.97 Å². The molecule has 0 aromatic heterocycles. The van der Waals surface area contributed by atoms with Crippen LogP contribution in [0.5, 0.6) is 0 Å². The molecule has 1 heterocycles. The molecule has 2 amide bonds. The number of nitrogens with zero attached hydrogens (tertiary/aromatic N) is 2. The average molecular weight is 322 g/mol. The van der Waals surface area contributed by atoms with E-state index in [2.05, 4.69) is 4.74 Å². The lowest BCUT2D eigenvalue weighted by molar-refractivity contribution is -0.143. The molecule has 7 heteroatoms. The number of methoxy groups -OCH3 is 1. The first-order chi connectivity index (χ1) is 11.0. The maximum absolute atomic E-state index is 13.2. The molecule has 23 heavy (non-hydrogen) atoms. The van der Waals surface area contributed by atoms with Gasteiger partial charge in [-0.15, -0.1) is 0 Å². The van der Waals surface area contributed by atoms with E-state index in [0.717, 1.165) is 0 Å². The summed E-state index contributed by atoms with van der Waals surface area (Å²) in [7, 11) is 1.28. The van der Waals surface area contributed by atoms with Crippen LogP contribution >= 0.6 is 0 Å². The van der Waals surface area contributed by atoms with E-state index in [1.54, 1.807) is 15.9 Å². The molecule has 1 fully saturated rings. The first kappa shape index (κ1) is 16.9. The third-order valence-corrected chi connectivity index (χ3v) is 3.76. The number of piperazine rings is 1. The molecule has 1 aliphatic rings. The van der Waals surface area contributed by atoms with Gasteiger partial charge in [0, 0.05) is 38.2 Å². The normalized spacial score (nSPS) is 14.5. The fourth-order valence-corrected chi connectivity index (χ4v) is 2.43. The summed E-state index contributed by atoms with van der Waals surface area (Å²) in [5, 5.41) is 0. The predicted molar refractivity (Wildman–Crippen MR) is 80.1 cm³/mol. The zero-order chi connectivity index (χ0) is 16.8. The van der Waals surface area contributed by atoms with E-state index in [-0.39, 0.29) is 24.7 Å². The van der Waals surface area contributed by atoms with Crippen LogP contribution in [0.25, 0.3) is 0 Å². The monoisotopic (exact) mass is 322 g/mol. The van der Waals surface area contributed by atoms with Gasteiger partial charge < -0.3 is 14.5 Å². The Kier molecular flexibility index (Phi) is 5.67. The molecule has 2 rings (SSSR count). The molecule has 0 spiro atoms. The second-order valence-corrected chi connectivity index (χ2v) is 5.26. The average Bonchev–Trinajstić information content (AvgIpc) is 2.58. The van der Waals surface area contributed by atoms with Crippen LogP contribution in [0.3, 0.4) is 0 Å². The van der Waals surface area contributed by atoms with Gasteiger partial charge in [0.1, 0.15) is 5.82 Å². The quantitative estimate of drug-likeness (QED) is 0.778. The number of benzene rings is 1. The molecule has 6 nitrogen and oxygen atoms in total. The molecular weight excluding hydrogens is 303 g/mol. The molecule has 1 saturated heterocycles. The zero-order valence-corrected chi connectivity index (χ0v) is 13.0. The van der Waals surface area contributed by atoms with Gasteiger partial charge in [-0.2, -0.15) is 0 Å². The highest BCUT2D eigenvalue weighted by atomic mass is 19.1. The molecule has 0 aliphatic carbocycles. The molecule has 0 bridgehead atoms. The minimum Gasteiger partial charge on any atom is -0.469 e. The Labute approximate surface area is 133 Å². The van der Waals surface area contributed by atoms with Gasteiger partial charge in [0.05, 0.1) is 13.5 Å². The summed E-state index contributed by atoms with van der Waals surface area (Å²) in [5.41, 5.74) is 0.301. The first-order valence-corrected chi connectivity index (χ1v) is 7.40. The number of hydrogen-bond acceptors (Lipinski definition) is 4. The van der Waals surface area contributed by atoms with Gasteiger partial charge in [0.25, 0.3) is 5.91 Å². The Bertz CT molecular complexity index is 597. The van der Waals surface area contributed by atoms with Crippen LogP contribution in [-0.2, 0) is 14.3 Å². The van der Waals surface area contributed by atoms with Gasteiger partial charge in [0.2, 0.25) is 5.91 Å². The summed E-state index contributed by atoms with van der Waals surface area (Å²) in [6, 6.07) is 5.55. The number of carbonyl (C=O) groups excluding carboxylic acids is 3. The smallest absolute Gasteiger partial charge is 0.306 e. The van der Waals surface area contributed by atoms with Crippen LogP contribution in [0.4, 0.5) is 4.39 Å². The van der Waals surface area contributed by atoms with Crippen molar-refractivity contribution in [3.8, 4) is 0 Å². The van der Waals surface area contributed by atoms with Gasteiger partial charge in [-0.05, 0) is 18.2 Å². The van der Waals surface area contributed by atoms with E-state index < -0.39 is 11.8 Å². The van der Waals surface area contributed by atoms with Crippen LogP contribution in [0.1, 0.15) is 23.2 Å². The van der Waals surface area contributed by atoms with E-state index in [0.29, 0.717) is 31.7 Å². The lowest BCUT2D eigenvalue weighted by Crippen LogP contribution is -2.50. The van der Waals surface area contributed by atoms with Crippen molar-refractivity contribution in [3.05, 3.63) is 35.6 Å². The van der Waals surface area contributed by atoms with Crippen molar-refractivity contribution in [1.82, 2.24) is 9.80 Å². The van der Waals surface area contributed by atoms with Gasteiger partial charge in [-0.3, -0.25) is 14.4 Å². The fraction of sp³-hybridized carbons (Fsp3) is 0.438. The summed E-state index contributed by atoms with van der Waals surface area (Å²) < 4.78 is 17.7. The topological polar surface area (TPSA) is 66.9 Å². The van der Waals surface area contributed by atoms with E-state index in [4.69, 9.17) is 0 Å². The SMILES string of the molecule is COC(=O)CCC(=O)N1CCN(C(=O)c2cccc(F)c2)CC1. The van der Waals surface area contributed by atoms with Crippen molar-refractivity contribution in [2.45, 2.75) is 12.8 Å². The largest absolute Gasteiger partial charge is 0.469 e. The lowest BCUT2D eigenvalue weighted by atomic mass is 10.1. The molecule has 0 radical (unpaired) electrons. The Morgan fingerprint density at radius 2 is 1.74 bits per heavy atom. The molecule has 1 aliphatic heterocycles. The Morgan fingerprint density at radius 3 is 2.35 bits per heavy atom. The summed E-state index contributed by atoms with van der Waals surface area (Å²) >= 11 is 0. The van der Waals surface area contributed by atoms with Crippen LogP contribution in [0.2, 0.25) is 0 Å². The second-order valence-electron chi connectivity index (χ2n) is 5.26. The molecule has 1 aromatic rings. The molecule has 124 valence electrons. The zero-order valence-electron chi connectivity index (χ0n) is 13.0. The van der Waals surface area contributed by atoms with Gasteiger partial charge in [-0.1, -0.05) is 6.07 Å². The number of esters is 1. The van der Waals surface area contributed by atoms with E-state index in [1.165, 1.54) is 25.3 Å². The number of carbonyl (C=O) groups is 3. The second kappa shape index (κ2) is 7.71. The molecular formula is C16H19FN2O4. The van der Waals surface area contributed by atoms with Crippen LogP contribution < -0.4 is 0 Å². The van der Waals surface area contributed by atoms with Gasteiger partial charge in [0.15, 0.2) is 0 Å². The van der Waals surface area contributed by atoms with Crippen molar-refractivity contribution >= 4 is 17.8 Å². The molecule has 0 N–H and O–H groups in total. The summed E-state index contributed by atoms with van der Waals surface area (Å²) in [6.45, 7) is 1.58. The number of amides is 2. The lowest BCUT2D eigenvalue weighted by Gasteiger charge is -2.34. The highest BCUT2D eigenvalue weighted by molar-refractivity contribution is 5.94. The predicted octanol–water partition coefficient (Wildman–Crippen LogP) is 1.06. The number of rotatable bonds is 4. The Morgan fingerprint density at radius 1 is 1.09 bits per heavy atom. The number of hydrogen-bond donors (Lipinski definition) is 0. The molecule has 0 saturated carbocycles. The van der Waals surface area contributed by atoms with Crippen molar-refractivity contribution in [3.63, 3.8) is 0 Å². The van der Waals surface area contributed by atoms with Crippen molar-refractivity contribution in [2.24, 2.45) is 0 Å². The number of halogens is 1. The highest BCUT2D eigenvalue weighted by Gasteiger charge is 2.25. The molecule has 0 atom stereocenters. The standard InChI is InChI=1S/C16H19FN2O4/c1-23-15(21)6-5-14(20)18-7-9-19(10-8-18)16(22)12-3-2-4-13(17)11-12/h2-4,11H,5-10H2,1H3. The molecule has 1 aromatic carbocycles. The van der Waals surface area contributed by atoms with Crippen molar-refractivity contribution in [2.75, 3.05) is 33.3 Å². The fourth-order valence-electron chi connectivity index (χ4n) is 2.43. The third-order valence-electron chi connectivity index (χ3n) is 3.76. The van der Waals surface area contributed by atoms with Gasteiger partial charge in [-0.25, -0.2) is 4.39 Å². The van der Waals surface area contributed by atoms with Crippen LogP contribution in [0.15, 0.2) is 24.3 Å². The minimum atomic E-state index is -0.451. The van der Waals surface area contributed by atoms with Crippen LogP contribution in [0, 0.1) is 5.82 Å². The van der Waals surface area contributed by atoms with Crippen molar-refractivity contribution in [1.29, 1.82) is 0 Å². The van der Waals surface area contributed by atoms with Crippen molar-refractivity contribution < 1.29 is 23.5 Å². The number of ether oxygens (including phenoxy) is 1. The summed E-state index contributed by atoms with van der Waals surface area (Å²) in [5.74, 6) is -1.25. The van der Waals surface area contributed by atoms with E-state index in [9.17, 15) is 18.8 Å². The Balaban J connectivity index is 1.85. The molecule has 0 unspecified atom stereocenters. The van der Waals surface area contributed by atoms with Crippen LogP contribution in [-0.4, -0.2) is 60.9 Å². The summed E-state index contributed by atoms with van der Waals surface area (Å²) in [6.07, 6.45) is 0.155. The summed E-state index contributed by atoms with van der Waals surface area (Å²) in [4.78, 5) is 38.5.